The van der Waals surface area contributed by atoms with Gasteiger partial charge in [-0.1, -0.05) is 26.0 Å². The molecule has 2 heterocycles. The molecule has 1 aromatic rings. The van der Waals surface area contributed by atoms with E-state index in [1.165, 1.54) is 6.42 Å². The first kappa shape index (κ1) is 16.4. The maximum absolute atomic E-state index is 10.6. The number of hydrogen-bond donors (Lipinski definition) is 2. The van der Waals surface area contributed by atoms with E-state index in [1.54, 1.807) is 12.1 Å². The molecule has 4 heteroatoms. The van der Waals surface area contributed by atoms with Crippen molar-refractivity contribution in [3.63, 3.8) is 0 Å². The number of nitrogens with one attached hydrogen (secondary N) is 1. The molecule has 3 atom stereocenters. The van der Waals surface area contributed by atoms with Crippen molar-refractivity contribution >= 4 is 0 Å². The van der Waals surface area contributed by atoms with E-state index in [1.807, 2.05) is 12.1 Å². The van der Waals surface area contributed by atoms with Gasteiger partial charge in [0, 0.05) is 26.2 Å². The van der Waals surface area contributed by atoms with Gasteiger partial charge in [0.05, 0.1) is 17.7 Å². The predicted octanol–water partition coefficient (Wildman–Crippen LogP) is 2.16. The van der Waals surface area contributed by atoms with E-state index in [2.05, 4.69) is 30.1 Å². The zero-order valence-electron chi connectivity index (χ0n) is 14.1. The van der Waals surface area contributed by atoms with Crippen LogP contribution in [-0.4, -0.2) is 42.7 Å². The number of β-amino-alcohol motifs (C(OH)–C–C–N with tert-alkyl or cyclic N) is 1. The lowest BCUT2D eigenvalue weighted by molar-refractivity contribution is -0.0274. The lowest BCUT2D eigenvalue weighted by Gasteiger charge is -2.52. The number of aliphatic hydroxyl groups is 1. The molecule has 0 saturated carbocycles. The Morgan fingerprint density at radius 1 is 1.39 bits per heavy atom. The summed E-state index contributed by atoms with van der Waals surface area (Å²) in [6, 6.07) is 9.42. The Balaban J connectivity index is 1.68. The molecule has 2 saturated heterocycles. The quantitative estimate of drug-likeness (QED) is 0.894. The first-order chi connectivity index (χ1) is 11.0. The Hall–Kier alpha value is -1.41. The number of nitriles is 1. The highest BCUT2D eigenvalue weighted by molar-refractivity contribution is 5.32. The lowest BCUT2D eigenvalue weighted by Crippen LogP contribution is -2.60. The zero-order chi connectivity index (χ0) is 16.4. The minimum absolute atomic E-state index is 0.339. The molecule has 0 aromatic heterocycles. The topological polar surface area (TPSA) is 59.3 Å². The number of aliphatic hydroxyl groups excluding tert-OH is 1. The van der Waals surface area contributed by atoms with E-state index in [0.29, 0.717) is 29.4 Å². The minimum Gasteiger partial charge on any atom is -0.387 e. The molecule has 2 aliphatic rings. The van der Waals surface area contributed by atoms with Crippen LogP contribution in [0.1, 0.15) is 37.5 Å². The molecule has 0 amide bonds. The van der Waals surface area contributed by atoms with Crippen molar-refractivity contribution in [2.75, 3.05) is 32.7 Å². The molecular weight excluding hydrogens is 286 g/mol. The van der Waals surface area contributed by atoms with Crippen LogP contribution in [0.3, 0.4) is 0 Å². The summed E-state index contributed by atoms with van der Waals surface area (Å²) in [6.45, 7) is 9.63. The number of piperidine rings is 2. The Labute approximate surface area is 139 Å². The Bertz CT molecular complexity index is 577. The van der Waals surface area contributed by atoms with Crippen LogP contribution in [0.2, 0.25) is 0 Å². The van der Waals surface area contributed by atoms with Crippen LogP contribution in [0, 0.1) is 28.6 Å². The molecule has 3 rings (SSSR count). The van der Waals surface area contributed by atoms with Gasteiger partial charge >= 0.3 is 0 Å². The van der Waals surface area contributed by atoms with Gasteiger partial charge in [0.1, 0.15) is 0 Å². The van der Waals surface area contributed by atoms with Gasteiger partial charge in [0.2, 0.25) is 0 Å². The van der Waals surface area contributed by atoms with Crippen molar-refractivity contribution < 1.29 is 5.11 Å². The van der Waals surface area contributed by atoms with Crippen LogP contribution in [0.15, 0.2) is 24.3 Å². The van der Waals surface area contributed by atoms with Crippen LogP contribution in [0.5, 0.6) is 0 Å². The van der Waals surface area contributed by atoms with Crippen LogP contribution in [0.4, 0.5) is 0 Å². The third-order valence-corrected chi connectivity index (χ3v) is 5.74. The van der Waals surface area contributed by atoms with Crippen molar-refractivity contribution in [2.45, 2.75) is 26.4 Å². The van der Waals surface area contributed by atoms with Crippen LogP contribution in [-0.2, 0) is 0 Å². The average molecular weight is 313 g/mol. The fourth-order valence-corrected chi connectivity index (χ4v) is 4.26. The number of hydrogen-bond acceptors (Lipinski definition) is 4. The second-order valence-electron chi connectivity index (χ2n) is 7.66. The van der Waals surface area contributed by atoms with Gasteiger partial charge in [0.25, 0.3) is 0 Å². The SMILES string of the molecule is CC(C)C12CNCC(CN(CC(O)c3ccc(C#N)cc3)C1)C2. The number of nitrogens with zero attached hydrogens (tertiary/aromatic N) is 2. The molecule has 124 valence electrons. The molecule has 2 aliphatic heterocycles. The second-order valence-corrected chi connectivity index (χ2v) is 7.66. The first-order valence-electron chi connectivity index (χ1n) is 8.63. The van der Waals surface area contributed by atoms with Crippen LogP contribution < -0.4 is 5.32 Å². The number of benzene rings is 1. The number of fused-ring (bicyclic) bond motifs is 2. The van der Waals surface area contributed by atoms with E-state index >= 15 is 0 Å². The molecule has 4 nitrogen and oxygen atoms in total. The van der Waals surface area contributed by atoms with Crippen molar-refractivity contribution in [1.82, 2.24) is 10.2 Å². The smallest absolute Gasteiger partial charge is 0.0991 e. The van der Waals surface area contributed by atoms with E-state index in [0.717, 1.165) is 31.7 Å². The Morgan fingerprint density at radius 2 is 2.13 bits per heavy atom. The van der Waals surface area contributed by atoms with Gasteiger partial charge in [-0.05, 0) is 47.9 Å². The van der Waals surface area contributed by atoms with Crippen molar-refractivity contribution in [3.8, 4) is 6.07 Å². The largest absolute Gasteiger partial charge is 0.387 e. The first-order valence-corrected chi connectivity index (χ1v) is 8.63. The maximum Gasteiger partial charge on any atom is 0.0991 e. The van der Waals surface area contributed by atoms with E-state index < -0.39 is 6.10 Å². The molecule has 3 unspecified atom stereocenters. The van der Waals surface area contributed by atoms with Crippen LogP contribution >= 0.6 is 0 Å². The molecule has 1 aromatic carbocycles. The van der Waals surface area contributed by atoms with Gasteiger partial charge in [-0.2, -0.15) is 5.26 Å². The summed E-state index contributed by atoms with van der Waals surface area (Å²) in [5.41, 5.74) is 1.88. The Kier molecular flexibility index (Phi) is 4.72. The second kappa shape index (κ2) is 6.60. The van der Waals surface area contributed by atoms with Crippen molar-refractivity contribution in [3.05, 3.63) is 35.4 Å². The highest BCUT2D eigenvalue weighted by Crippen LogP contribution is 2.41. The van der Waals surface area contributed by atoms with Gasteiger partial charge in [0.15, 0.2) is 0 Å². The fourth-order valence-electron chi connectivity index (χ4n) is 4.26. The standard InChI is InChI=1S/C19H27N3O/c1-14(2)19-7-16(9-21-12-19)10-22(13-19)11-18(23)17-5-3-15(8-20)4-6-17/h3-6,14,16,18,21,23H,7,9-13H2,1-2H3. The molecule has 2 fully saturated rings. The van der Waals surface area contributed by atoms with Gasteiger partial charge < -0.3 is 10.4 Å². The lowest BCUT2D eigenvalue weighted by atomic mass is 9.66. The molecule has 0 spiro atoms. The molecule has 2 bridgehead atoms. The third kappa shape index (κ3) is 3.42. The molecular formula is C19H27N3O. The highest BCUT2D eigenvalue weighted by atomic mass is 16.3. The average Bonchev–Trinajstić information content (AvgIpc) is 2.54. The number of rotatable bonds is 4. The van der Waals surface area contributed by atoms with E-state index in [4.69, 9.17) is 5.26 Å². The third-order valence-electron chi connectivity index (χ3n) is 5.74. The minimum atomic E-state index is -0.487. The monoisotopic (exact) mass is 313 g/mol. The fraction of sp³-hybridized carbons (Fsp3) is 0.632. The summed E-state index contributed by atoms with van der Waals surface area (Å²) >= 11 is 0. The summed E-state index contributed by atoms with van der Waals surface area (Å²) in [4.78, 5) is 2.44. The van der Waals surface area contributed by atoms with Crippen molar-refractivity contribution in [1.29, 1.82) is 5.26 Å². The predicted molar refractivity (Wildman–Crippen MR) is 90.8 cm³/mol. The Morgan fingerprint density at radius 3 is 2.78 bits per heavy atom. The van der Waals surface area contributed by atoms with E-state index in [9.17, 15) is 5.11 Å². The molecule has 2 N–H and O–H groups in total. The molecule has 0 radical (unpaired) electrons. The summed E-state index contributed by atoms with van der Waals surface area (Å²) < 4.78 is 0. The van der Waals surface area contributed by atoms with Crippen molar-refractivity contribution in [2.24, 2.45) is 17.3 Å². The van der Waals surface area contributed by atoms with Crippen LogP contribution in [0.25, 0.3) is 0 Å². The van der Waals surface area contributed by atoms with Gasteiger partial charge in [-0.15, -0.1) is 0 Å². The van der Waals surface area contributed by atoms with Gasteiger partial charge in [-0.3, -0.25) is 4.90 Å². The maximum atomic E-state index is 10.6. The normalized spacial score (nSPS) is 29.3. The summed E-state index contributed by atoms with van der Waals surface area (Å²) in [7, 11) is 0. The summed E-state index contributed by atoms with van der Waals surface area (Å²) in [5.74, 6) is 1.33. The zero-order valence-corrected chi connectivity index (χ0v) is 14.1. The summed E-state index contributed by atoms with van der Waals surface area (Å²) in [6.07, 6.45) is 0.819. The van der Waals surface area contributed by atoms with E-state index in [-0.39, 0.29) is 0 Å². The highest BCUT2D eigenvalue weighted by Gasteiger charge is 2.44. The summed E-state index contributed by atoms with van der Waals surface area (Å²) in [5, 5.41) is 23.1. The van der Waals surface area contributed by atoms with Gasteiger partial charge in [-0.25, -0.2) is 0 Å². The number of likely N-dealkylation sites (tertiary alicyclic amines) is 1. The molecule has 0 aliphatic carbocycles. The molecule has 23 heavy (non-hydrogen) atoms.